The Bertz CT molecular complexity index is 1510. The van der Waals surface area contributed by atoms with Crippen molar-refractivity contribution in [1.29, 1.82) is 5.26 Å². The fourth-order valence-corrected chi connectivity index (χ4v) is 4.70. The van der Waals surface area contributed by atoms with Gasteiger partial charge in [-0.25, -0.2) is 4.68 Å². The number of aryl methyl sites for hydroxylation is 3. The first-order valence-corrected chi connectivity index (χ1v) is 11.7. The largest absolute Gasteiger partial charge is 0.339 e. The molecule has 1 aliphatic rings. The van der Waals surface area contributed by atoms with Crippen molar-refractivity contribution in [3.63, 3.8) is 0 Å². The molecule has 2 N–H and O–H groups in total. The maximum absolute atomic E-state index is 13.5. The summed E-state index contributed by atoms with van der Waals surface area (Å²) in [5, 5.41) is 20.0. The van der Waals surface area contributed by atoms with Crippen LogP contribution in [0.1, 0.15) is 49.8 Å². The Morgan fingerprint density at radius 1 is 1.00 bits per heavy atom. The number of anilines is 1. The summed E-state index contributed by atoms with van der Waals surface area (Å²) < 4.78 is 1.73. The highest BCUT2D eigenvalue weighted by Crippen LogP contribution is 2.40. The first-order chi connectivity index (χ1) is 17.4. The highest BCUT2D eigenvalue weighted by molar-refractivity contribution is 6.04. The third-order valence-corrected chi connectivity index (χ3v) is 6.52. The van der Waals surface area contributed by atoms with Gasteiger partial charge in [0, 0.05) is 17.0 Å². The second kappa shape index (κ2) is 9.16. The minimum absolute atomic E-state index is 0.328. The summed E-state index contributed by atoms with van der Waals surface area (Å²) in [7, 11) is 0. The number of nitrogens with zero attached hydrogens (tertiary/aromatic N) is 3. The van der Waals surface area contributed by atoms with Crippen molar-refractivity contribution in [3.05, 3.63) is 112 Å². The van der Waals surface area contributed by atoms with Gasteiger partial charge in [-0.05, 0) is 62.7 Å². The number of rotatable bonds is 4. The third-order valence-electron chi connectivity index (χ3n) is 6.52. The van der Waals surface area contributed by atoms with Crippen LogP contribution in [-0.2, 0) is 4.79 Å². The number of fused-ring (bicyclic) bond motifs is 1. The van der Waals surface area contributed by atoms with Crippen LogP contribution in [0, 0.1) is 32.1 Å². The van der Waals surface area contributed by atoms with Crippen LogP contribution in [0.2, 0.25) is 0 Å². The van der Waals surface area contributed by atoms with Crippen LogP contribution in [0.15, 0.2) is 72.8 Å². The summed E-state index contributed by atoms with van der Waals surface area (Å²) in [6.45, 7) is 5.83. The molecule has 2 heterocycles. The lowest BCUT2D eigenvalue weighted by Crippen LogP contribution is -2.50. The summed E-state index contributed by atoms with van der Waals surface area (Å²) in [4.78, 5) is 26.7. The molecule has 0 radical (unpaired) electrons. The molecule has 0 bridgehead atoms. The van der Waals surface area contributed by atoms with Crippen LogP contribution in [0.25, 0.3) is 5.69 Å². The predicted octanol–water partition coefficient (Wildman–Crippen LogP) is 4.55. The lowest BCUT2D eigenvalue weighted by atomic mass is 9.81. The smallest absolute Gasteiger partial charge is 0.251 e. The zero-order chi connectivity index (χ0) is 25.4. The highest BCUT2D eigenvalue weighted by atomic mass is 16.2. The minimum Gasteiger partial charge on any atom is -0.339 e. The Morgan fingerprint density at radius 2 is 1.72 bits per heavy atom. The van der Waals surface area contributed by atoms with Crippen LogP contribution in [-0.4, -0.2) is 27.6 Å². The van der Waals surface area contributed by atoms with Crippen molar-refractivity contribution in [2.45, 2.75) is 32.7 Å². The van der Waals surface area contributed by atoms with E-state index in [4.69, 9.17) is 5.10 Å². The van der Waals surface area contributed by atoms with Gasteiger partial charge in [0.05, 0.1) is 23.0 Å². The van der Waals surface area contributed by atoms with E-state index in [0.29, 0.717) is 16.9 Å². The maximum atomic E-state index is 13.5. The summed E-state index contributed by atoms with van der Waals surface area (Å²) in [6, 6.07) is 23.5. The number of carbonyl (C=O) groups is 2. The number of nitriles is 1. The second-order valence-electron chi connectivity index (χ2n) is 9.12. The van der Waals surface area contributed by atoms with Crippen molar-refractivity contribution >= 4 is 17.6 Å². The highest BCUT2D eigenvalue weighted by Gasteiger charge is 2.41. The molecule has 0 spiro atoms. The zero-order valence-electron chi connectivity index (χ0n) is 20.2. The Labute approximate surface area is 209 Å². The number of nitrogens with one attached hydrogen (secondary N) is 2. The molecule has 7 nitrogen and oxygen atoms in total. The molecular formula is C29H25N5O2. The van der Waals surface area contributed by atoms with Crippen molar-refractivity contribution in [2.75, 3.05) is 5.32 Å². The van der Waals surface area contributed by atoms with Crippen LogP contribution in [0.3, 0.4) is 0 Å². The Balaban J connectivity index is 1.62. The summed E-state index contributed by atoms with van der Waals surface area (Å²) in [5.41, 5.74) is 6.29. The molecular weight excluding hydrogens is 450 g/mol. The van der Waals surface area contributed by atoms with Crippen molar-refractivity contribution in [2.24, 2.45) is 0 Å². The number of benzene rings is 3. The molecule has 0 aliphatic carbocycles. The quantitative estimate of drug-likeness (QED) is 0.452. The molecule has 1 aliphatic heterocycles. The average Bonchev–Trinajstić information content (AvgIpc) is 3.20. The molecule has 3 aromatic carbocycles. The predicted molar refractivity (Wildman–Crippen MR) is 137 cm³/mol. The molecule has 36 heavy (non-hydrogen) atoms. The molecule has 0 fully saturated rings. The molecule has 0 saturated heterocycles. The van der Waals surface area contributed by atoms with Gasteiger partial charge >= 0.3 is 0 Å². The van der Waals surface area contributed by atoms with Crippen LogP contribution in [0.4, 0.5) is 5.82 Å². The molecule has 7 heteroatoms. The van der Waals surface area contributed by atoms with Gasteiger partial charge in [-0.2, -0.15) is 10.4 Å². The molecule has 1 aromatic heterocycles. The monoisotopic (exact) mass is 475 g/mol. The standard InChI is InChI=1S/C29H25N5O2/c1-17-7-13-23(14-8-17)34-27-24(19(3)33-34)25(21-11-9-20(16-30)10-12-21)26(29(36)32-27)31-28(35)22-6-4-5-18(2)15-22/h4-15,25-26H,1-3H3,(H,31,35)(H,32,36)/t25-,26+/m1/s1. The van der Waals surface area contributed by atoms with Gasteiger partial charge in [0.2, 0.25) is 5.91 Å². The Hall–Kier alpha value is -4.70. The van der Waals surface area contributed by atoms with Crippen molar-refractivity contribution < 1.29 is 9.59 Å². The van der Waals surface area contributed by atoms with Gasteiger partial charge < -0.3 is 10.6 Å². The van der Waals surface area contributed by atoms with E-state index in [0.717, 1.165) is 33.6 Å². The van der Waals surface area contributed by atoms with Gasteiger partial charge in [0.25, 0.3) is 5.91 Å². The number of aromatic nitrogens is 2. The van der Waals surface area contributed by atoms with Gasteiger partial charge in [0.1, 0.15) is 11.9 Å². The van der Waals surface area contributed by atoms with Crippen LogP contribution < -0.4 is 10.6 Å². The summed E-state index contributed by atoms with van der Waals surface area (Å²) in [5.74, 6) is -0.568. The van der Waals surface area contributed by atoms with E-state index in [1.54, 1.807) is 28.9 Å². The van der Waals surface area contributed by atoms with Crippen molar-refractivity contribution in [3.8, 4) is 11.8 Å². The summed E-state index contributed by atoms with van der Waals surface area (Å²) in [6.07, 6.45) is 0. The fraction of sp³-hybridized carbons (Fsp3) is 0.172. The lowest BCUT2D eigenvalue weighted by Gasteiger charge is -2.33. The van der Waals surface area contributed by atoms with E-state index in [2.05, 4.69) is 16.7 Å². The topological polar surface area (TPSA) is 99.8 Å². The number of hydrogen-bond acceptors (Lipinski definition) is 4. The van der Waals surface area contributed by atoms with E-state index in [-0.39, 0.29) is 11.8 Å². The molecule has 4 aromatic rings. The van der Waals surface area contributed by atoms with E-state index in [1.807, 2.05) is 69.3 Å². The second-order valence-corrected chi connectivity index (χ2v) is 9.12. The number of hydrogen-bond donors (Lipinski definition) is 2. The third kappa shape index (κ3) is 4.14. The van der Waals surface area contributed by atoms with E-state index >= 15 is 0 Å². The van der Waals surface area contributed by atoms with Crippen molar-refractivity contribution in [1.82, 2.24) is 15.1 Å². The Kier molecular flexibility index (Phi) is 5.87. The molecule has 0 unspecified atom stereocenters. The molecule has 178 valence electrons. The normalized spacial score (nSPS) is 16.6. The minimum atomic E-state index is -0.868. The first-order valence-electron chi connectivity index (χ1n) is 11.7. The molecule has 2 amide bonds. The van der Waals surface area contributed by atoms with Gasteiger partial charge in [-0.3, -0.25) is 9.59 Å². The Morgan fingerprint density at radius 3 is 2.39 bits per heavy atom. The zero-order valence-corrected chi connectivity index (χ0v) is 20.2. The van der Waals surface area contributed by atoms with Gasteiger partial charge in [-0.15, -0.1) is 0 Å². The molecule has 0 saturated carbocycles. The maximum Gasteiger partial charge on any atom is 0.251 e. The molecule has 5 rings (SSSR count). The van der Waals surface area contributed by atoms with Gasteiger partial charge in [-0.1, -0.05) is 47.5 Å². The summed E-state index contributed by atoms with van der Waals surface area (Å²) >= 11 is 0. The SMILES string of the molecule is Cc1ccc(-n2nc(C)c3c2NC(=O)[C@@H](NC(=O)c2cccc(C)c2)[C@@H]3c2ccc(C#N)cc2)cc1. The number of amides is 2. The van der Waals surface area contributed by atoms with Crippen LogP contribution in [0.5, 0.6) is 0 Å². The lowest BCUT2D eigenvalue weighted by molar-refractivity contribution is -0.118. The van der Waals surface area contributed by atoms with Crippen LogP contribution >= 0.6 is 0 Å². The average molecular weight is 476 g/mol. The number of carbonyl (C=O) groups excluding carboxylic acids is 2. The fourth-order valence-electron chi connectivity index (χ4n) is 4.70. The molecule has 2 atom stereocenters. The first kappa shape index (κ1) is 23.1. The van der Waals surface area contributed by atoms with E-state index in [1.165, 1.54) is 0 Å². The van der Waals surface area contributed by atoms with E-state index in [9.17, 15) is 14.9 Å². The van der Waals surface area contributed by atoms with E-state index < -0.39 is 12.0 Å². The van der Waals surface area contributed by atoms with Gasteiger partial charge in [0.15, 0.2) is 0 Å².